The molecule has 0 bridgehead atoms. The van der Waals surface area contributed by atoms with Crippen LogP contribution >= 0.6 is 0 Å². The van der Waals surface area contributed by atoms with Crippen LogP contribution in [-0.4, -0.2) is 25.6 Å². The Hall–Kier alpha value is -2.39. The lowest BCUT2D eigenvalue weighted by Gasteiger charge is -2.24. The fourth-order valence-corrected chi connectivity index (χ4v) is 4.39. The van der Waals surface area contributed by atoms with Gasteiger partial charge >= 0.3 is 0 Å². The molecule has 0 heterocycles. The first kappa shape index (κ1) is 16.1. The Balaban J connectivity index is 1.70. The summed E-state index contributed by atoms with van der Waals surface area (Å²) in [5.41, 5.74) is 4.38. The Morgan fingerprint density at radius 2 is 2.00 bits per heavy atom. The number of hydrogen-bond acceptors (Lipinski definition) is 3. The normalized spacial score (nSPS) is 24.0. The molecule has 3 nitrogen and oxygen atoms in total. The number of ketones is 1. The Morgan fingerprint density at radius 1 is 1.16 bits per heavy atom. The van der Waals surface area contributed by atoms with Gasteiger partial charge in [-0.3, -0.25) is 4.79 Å². The van der Waals surface area contributed by atoms with Gasteiger partial charge in [-0.05, 0) is 30.0 Å². The van der Waals surface area contributed by atoms with Crippen molar-refractivity contribution in [3.8, 4) is 5.75 Å². The van der Waals surface area contributed by atoms with Crippen LogP contribution in [0.25, 0.3) is 0 Å². The number of hydrogen-bond donors (Lipinski definition) is 0. The highest BCUT2D eigenvalue weighted by Crippen LogP contribution is 2.46. The molecule has 128 valence electrons. The SMILES string of the molecule is C=CCOc1cccc2c1CC(C1c3ccccc3CC1OC)C2=O. The van der Waals surface area contributed by atoms with Gasteiger partial charge in [0.1, 0.15) is 12.4 Å². The average molecular weight is 334 g/mol. The monoisotopic (exact) mass is 334 g/mol. The summed E-state index contributed by atoms with van der Waals surface area (Å²) >= 11 is 0. The topological polar surface area (TPSA) is 35.5 Å². The summed E-state index contributed by atoms with van der Waals surface area (Å²) in [6.07, 6.45) is 3.36. The number of methoxy groups -OCH3 is 1. The molecule has 2 aliphatic carbocycles. The van der Waals surface area contributed by atoms with E-state index >= 15 is 0 Å². The number of Topliss-reactive ketones (excluding diaryl/α,β-unsaturated/α-hetero) is 1. The molecule has 3 heteroatoms. The molecule has 0 N–H and O–H groups in total. The van der Waals surface area contributed by atoms with Crippen molar-refractivity contribution < 1.29 is 14.3 Å². The molecule has 3 unspecified atom stereocenters. The maximum atomic E-state index is 13.1. The van der Waals surface area contributed by atoms with Crippen LogP contribution in [0.4, 0.5) is 0 Å². The lowest BCUT2D eigenvalue weighted by atomic mass is 9.83. The second-order valence-electron chi connectivity index (χ2n) is 6.76. The Kier molecular flexibility index (Phi) is 4.18. The van der Waals surface area contributed by atoms with Crippen molar-refractivity contribution in [2.75, 3.05) is 13.7 Å². The molecule has 0 radical (unpaired) electrons. The number of fused-ring (bicyclic) bond motifs is 2. The average Bonchev–Trinajstić information content (AvgIpc) is 3.18. The maximum Gasteiger partial charge on any atom is 0.167 e. The summed E-state index contributed by atoms with van der Waals surface area (Å²) in [5, 5.41) is 0. The van der Waals surface area contributed by atoms with Gasteiger partial charge in [0.25, 0.3) is 0 Å². The van der Waals surface area contributed by atoms with Crippen LogP contribution in [0.5, 0.6) is 5.75 Å². The quantitative estimate of drug-likeness (QED) is 0.777. The number of benzene rings is 2. The van der Waals surface area contributed by atoms with Crippen LogP contribution in [0.2, 0.25) is 0 Å². The third-order valence-corrected chi connectivity index (χ3v) is 5.49. The van der Waals surface area contributed by atoms with Gasteiger partial charge in [0.15, 0.2) is 5.78 Å². The standard InChI is InChI=1S/C22H22O3/c1-3-11-25-19-10-6-9-16-17(19)13-18(22(16)23)21-15-8-5-4-7-14(15)12-20(21)24-2/h3-10,18,20-21H,1,11-13H2,2H3. The first-order chi connectivity index (χ1) is 12.2. The van der Waals surface area contributed by atoms with E-state index in [0.29, 0.717) is 13.0 Å². The number of carbonyl (C=O) groups excluding carboxylic acids is 1. The zero-order valence-electron chi connectivity index (χ0n) is 14.4. The van der Waals surface area contributed by atoms with Gasteiger partial charge in [-0.2, -0.15) is 0 Å². The molecule has 2 aliphatic rings. The zero-order chi connectivity index (χ0) is 17.4. The van der Waals surface area contributed by atoms with Crippen molar-refractivity contribution in [2.45, 2.75) is 24.9 Å². The van der Waals surface area contributed by atoms with Gasteiger partial charge in [-0.1, -0.05) is 49.1 Å². The van der Waals surface area contributed by atoms with Crippen molar-refractivity contribution in [3.05, 3.63) is 77.4 Å². The smallest absolute Gasteiger partial charge is 0.167 e. The van der Waals surface area contributed by atoms with Crippen LogP contribution in [0.1, 0.15) is 33.0 Å². The van der Waals surface area contributed by atoms with Gasteiger partial charge in [0.2, 0.25) is 0 Å². The van der Waals surface area contributed by atoms with E-state index in [0.717, 1.165) is 23.3 Å². The van der Waals surface area contributed by atoms with Crippen LogP contribution in [-0.2, 0) is 17.6 Å². The van der Waals surface area contributed by atoms with E-state index < -0.39 is 0 Å². The first-order valence-electron chi connectivity index (χ1n) is 8.75. The highest BCUT2D eigenvalue weighted by Gasteiger charge is 2.45. The minimum absolute atomic E-state index is 0.0539. The molecule has 25 heavy (non-hydrogen) atoms. The molecule has 0 saturated carbocycles. The van der Waals surface area contributed by atoms with Crippen molar-refractivity contribution in [1.29, 1.82) is 0 Å². The van der Waals surface area contributed by atoms with E-state index in [1.807, 2.05) is 18.2 Å². The molecule has 0 saturated heterocycles. The highest BCUT2D eigenvalue weighted by molar-refractivity contribution is 6.03. The largest absolute Gasteiger partial charge is 0.489 e. The van der Waals surface area contributed by atoms with Crippen LogP contribution in [0.15, 0.2) is 55.1 Å². The molecule has 0 spiro atoms. The van der Waals surface area contributed by atoms with Gasteiger partial charge in [-0.15, -0.1) is 0 Å². The number of rotatable bonds is 5. The van der Waals surface area contributed by atoms with Crippen molar-refractivity contribution >= 4 is 5.78 Å². The molecular formula is C22H22O3. The molecule has 2 aromatic carbocycles. The predicted octanol–water partition coefficient (Wildman–Crippen LogP) is 3.96. The van der Waals surface area contributed by atoms with Crippen molar-refractivity contribution in [3.63, 3.8) is 0 Å². The van der Waals surface area contributed by atoms with Crippen molar-refractivity contribution in [1.82, 2.24) is 0 Å². The number of carbonyl (C=O) groups is 1. The summed E-state index contributed by atoms with van der Waals surface area (Å²) in [7, 11) is 1.74. The van der Waals surface area contributed by atoms with E-state index in [1.54, 1.807) is 13.2 Å². The summed E-state index contributed by atoms with van der Waals surface area (Å²) in [5.74, 6) is 1.03. The molecular weight excluding hydrogens is 312 g/mol. The van der Waals surface area contributed by atoms with Gasteiger partial charge in [-0.25, -0.2) is 0 Å². The fraction of sp³-hybridized carbons (Fsp3) is 0.318. The van der Waals surface area contributed by atoms with Gasteiger partial charge < -0.3 is 9.47 Å². The minimum atomic E-state index is -0.0860. The molecule has 0 amide bonds. The van der Waals surface area contributed by atoms with E-state index in [9.17, 15) is 4.79 Å². The summed E-state index contributed by atoms with van der Waals surface area (Å²) < 4.78 is 11.5. The molecule has 0 aromatic heterocycles. The van der Waals surface area contributed by atoms with Crippen molar-refractivity contribution in [2.24, 2.45) is 5.92 Å². The lowest BCUT2D eigenvalue weighted by molar-refractivity contribution is 0.0621. The second kappa shape index (κ2) is 6.49. The van der Waals surface area contributed by atoms with Gasteiger partial charge in [0.05, 0.1) is 6.10 Å². The second-order valence-corrected chi connectivity index (χ2v) is 6.76. The molecule has 3 atom stereocenters. The van der Waals surface area contributed by atoms with Crippen LogP contribution in [0.3, 0.4) is 0 Å². The Morgan fingerprint density at radius 3 is 2.80 bits per heavy atom. The lowest BCUT2D eigenvalue weighted by Crippen LogP contribution is -2.27. The summed E-state index contributed by atoms with van der Waals surface area (Å²) in [6, 6.07) is 14.1. The molecule has 2 aromatic rings. The Bertz CT molecular complexity index is 824. The summed E-state index contributed by atoms with van der Waals surface area (Å²) in [4.78, 5) is 13.1. The molecule has 4 rings (SSSR count). The van der Waals surface area contributed by atoms with Crippen LogP contribution in [0, 0.1) is 5.92 Å². The molecule has 0 fully saturated rings. The summed E-state index contributed by atoms with van der Waals surface area (Å²) in [6.45, 7) is 4.15. The van der Waals surface area contributed by atoms with E-state index in [1.165, 1.54) is 11.1 Å². The predicted molar refractivity (Wildman–Crippen MR) is 97.3 cm³/mol. The third-order valence-electron chi connectivity index (χ3n) is 5.49. The first-order valence-corrected chi connectivity index (χ1v) is 8.75. The third kappa shape index (κ3) is 2.59. The van der Waals surface area contributed by atoms with E-state index in [2.05, 4.69) is 30.8 Å². The maximum absolute atomic E-state index is 13.1. The minimum Gasteiger partial charge on any atom is -0.489 e. The van der Waals surface area contributed by atoms with Crippen LogP contribution < -0.4 is 4.74 Å². The number of ether oxygens (including phenoxy) is 2. The van der Waals surface area contributed by atoms with Gasteiger partial charge in [0, 0.05) is 30.1 Å². The molecule has 0 aliphatic heterocycles. The Labute approximate surface area is 148 Å². The zero-order valence-corrected chi connectivity index (χ0v) is 14.4. The van der Waals surface area contributed by atoms with E-state index in [-0.39, 0.29) is 23.7 Å². The highest BCUT2D eigenvalue weighted by atomic mass is 16.5. The van der Waals surface area contributed by atoms with E-state index in [4.69, 9.17) is 9.47 Å². The fourth-order valence-electron chi connectivity index (χ4n) is 4.39.